The van der Waals surface area contributed by atoms with Gasteiger partial charge in [-0.2, -0.15) is 0 Å². The molecular weight excluding hydrogens is 224 g/mol. The van der Waals surface area contributed by atoms with Crippen LogP contribution in [0.5, 0.6) is 5.75 Å². The summed E-state index contributed by atoms with van der Waals surface area (Å²) in [5.74, 6) is 1.19. The lowest BCUT2D eigenvalue weighted by Crippen LogP contribution is -2.01. The lowest BCUT2D eigenvalue weighted by molar-refractivity contribution is 0.468. The maximum atomic E-state index is 9.70. The normalized spacial score (nSPS) is 10.6. The minimum absolute atomic E-state index is 0.259. The fourth-order valence-corrected chi connectivity index (χ4v) is 1.86. The van der Waals surface area contributed by atoms with Crippen LogP contribution in [0.15, 0.2) is 30.6 Å². The molecule has 1 N–H and O–H groups in total. The summed E-state index contributed by atoms with van der Waals surface area (Å²) >= 11 is 5.89. The van der Waals surface area contributed by atoms with Crippen molar-refractivity contribution in [3.63, 3.8) is 0 Å². The summed E-state index contributed by atoms with van der Waals surface area (Å²) in [7, 11) is 0. The van der Waals surface area contributed by atoms with Crippen molar-refractivity contribution in [1.29, 1.82) is 0 Å². The molecule has 0 saturated carbocycles. The summed E-state index contributed by atoms with van der Waals surface area (Å²) in [4.78, 5) is 4.26. The number of benzene rings is 1. The Balaban J connectivity index is 2.30. The highest BCUT2D eigenvalue weighted by atomic mass is 35.5. The zero-order valence-corrected chi connectivity index (χ0v) is 9.78. The number of aromatic nitrogens is 2. The summed E-state index contributed by atoms with van der Waals surface area (Å²) in [5.41, 5.74) is 0.799. The van der Waals surface area contributed by atoms with Gasteiger partial charge in [0.2, 0.25) is 0 Å². The molecule has 0 aliphatic carbocycles. The van der Waals surface area contributed by atoms with E-state index in [4.69, 9.17) is 11.6 Å². The predicted molar refractivity (Wildman–Crippen MR) is 63.8 cm³/mol. The van der Waals surface area contributed by atoms with E-state index in [9.17, 15) is 5.11 Å². The van der Waals surface area contributed by atoms with Gasteiger partial charge in [-0.15, -0.1) is 0 Å². The van der Waals surface area contributed by atoms with Gasteiger partial charge in [0, 0.05) is 35.9 Å². The number of rotatable bonds is 3. The predicted octanol–water partition coefficient (Wildman–Crippen LogP) is 2.85. The van der Waals surface area contributed by atoms with Crippen LogP contribution < -0.4 is 0 Å². The van der Waals surface area contributed by atoms with Crippen molar-refractivity contribution in [1.82, 2.24) is 9.55 Å². The SMILES string of the molecule is CCn1ccnc1Cc1cc(Cl)ccc1O. The van der Waals surface area contributed by atoms with Crippen LogP contribution in [0, 0.1) is 0 Å². The number of phenols is 1. The van der Waals surface area contributed by atoms with Crippen LogP contribution in [-0.2, 0) is 13.0 Å². The summed E-state index contributed by atoms with van der Waals surface area (Å²) in [5, 5.41) is 10.3. The van der Waals surface area contributed by atoms with Crippen LogP contribution in [0.1, 0.15) is 18.3 Å². The fourth-order valence-electron chi connectivity index (χ4n) is 1.66. The molecule has 3 nitrogen and oxygen atoms in total. The van der Waals surface area contributed by atoms with E-state index in [-0.39, 0.29) is 5.75 Å². The van der Waals surface area contributed by atoms with Crippen LogP contribution in [0.2, 0.25) is 5.02 Å². The number of aryl methyl sites for hydroxylation is 1. The fraction of sp³-hybridized carbons (Fsp3) is 0.250. The zero-order chi connectivity index (χ0) is 11.5. The summed E-state index contributed by atoms with van der Waals surface area (Å²) in [6, 6.07) is 5.05. The Morgan fingerprint density at radius 3 is 3.00 bits per heavy atom. The average Bonchev–Trinajstić information content (AvgIpc) is 2.71. The van der Waals surface area contributed by atoms with Crippen LogP contribution >= 0.6 is 11.6 Å². The standard InChI is InChI=1S/C12H13ClN2O/c1-2-15-6-5-14-12(15)8-9-7-10(13)3-4-11(9)16/h3-7,16H,2,8H2,1H3. The van der Waals surface area contributed by atoms with Gasteiger partial charge in [-0.25, -0.2) is 4.98 Å². The molecule has 1 aromatic heterocycles. The Morgan fingerprint density at radius 1 is 1.44 bits per heavy atom. The summed E-state index contributed by atoms with van der Waals surface area (Å²) in [6.07, 6.45) is 4.28. The van der Waals surface area contributed by atoms with Crippen LogP contribution in [-0.4, -0.2) is 14.7 Å². The first kappa shape index (κ1) is 11.0. The molecular formula is C12H13ClN2O. The van der Waals surface area contributed by atoms with Crippen LogP contribution in [0.25, 0.3) is 0 Å². The molecule has 0 amide bonds. The first-order valence-corrected chi connectivity index (χ1v) is 5.56. The van der Waals surface area contributed by atoms with Gasteiger partial charge < -0.3 is 9.67 Å². The van der Waals surface area contributed by atoms with Gasteiger partial charge in [0.05, 0.1) is 0 Å². The van der Waals surface area contributed by atoms with E-state index >= 15 is 0 Å². The maximum Gasteiger partial charge on any atom is 0.119 e. The van der Waals surface area contributed by atoms with Crippen molar-refractivity contribution < 1.29 is 5.11 Å². The van der Waals surface area contributed by atoms with Crippen molar-refractivity contribution in [2.24, 2.45) is 0 Å². The van der Waals surface area contributed by atoms with E-state index in [0.29, 0.717) is 11.4 Å². The third kappa shape index (κ3) is 2.19. The molecule has 0 radical (unpaired) electrons. The second-order valence-electron chi connectivity index (χ2n) is 3.58. The smallest absolute Gasteiger partial charge is 0.119 e. The molecule has 84 valence electrons. The number of hydrogen-bond acceptors (Lipinski definition) is 2. The monoisotopic (exact) mass is 236 g/mol. The minimum Gasteiger partial charge on any atom is -0.508 e. The molecule has 0 fully saturated rings. The molecule has 0 bridgehead atoms. The Bertz CT molecular complexity index is 494. The van der Waals surface area contributed by atoms with Gasteiger partial charge in [-0.05, 0) is 25.1 Å². The number of aromatic hydroxyl groups is 1. The second-order valence-corrected chi connectivity index (χ2v) is 4.02. The van der Waals surface area contributed by atoms with E-state index in [1.807, 2.05) is 10.8 Å². The first-order chi connectivity index (χ1) is 7.70. The molecule has 0 aliphatic heterocycles. The van der Waals surface area contributed by atoms with Crippen molar-refractivity contribution in [3.8, 4) is 5.75 Å². The molecule has 1 heterocycles. The summed E-state index contributed by atoms with van der Waals surface area (Å²) < 4.78 is 2.04. The Morgan fingerprint density at radius 2 is 2.25 bits per heavy atom. The lowest BCUT2D eigenvalue weighted by Gasteiger charge is -2.07. The molecule has 16 heavy (non-hydrogen) atoms. The number of imidazole rings is 1. The van der Waals surface area contributed by atoms with Crippen molar-refractivity contribution in [2.45, 2.75) is 19.9 Å². The lowest BCUT2D eigenvalue weighted by atomic mass is 10.1. The Hall–Kier alpha value is -1.48. The molecule has 2 rings (SSSR count). The molecule has 1 aromatic carbocycles. The van der Waals surface area contributed by atoms with E-state index in [2.05, 4.69) is 11.9 Å². The van der Waals surface area contributed by atoms with E-state index in [1.54, 1.807) is 24.4 Å². The van der Waals surface area contributed by atoms with Crippen molar-refractivity contribution in [3.05, 3.63) is 47.0 Å². The third-order valence-corrected chi connectivity index (χ3v) is 2.77. The minimum atomic E-state index is 0.259. The van der Waals surface area contributed by atoms with Gasteiger partial charge >= 0.3 is 0 Å². The quantitative estimate of drug-likeness (QED) is 0.890. The number of halogens is 1. The second kappa shape index (κ2) is 4.58. The van der Waals surface area contributed by atoms with E-state index < -0.39 is 0 Å². The van der Waals surface area contributed by atoms with Gasteiger partial charge in [-0.3, -0.25) is 0 Å². The van der Waals surface area contributed by atoms with Gasteiger partial charge in [0.25, 0.3) is 0 Å². The van der Waals surface area contributed by atoms with E-state index in [1.165, 1.54) is 0 Å². The van der Waals surface area contributed by atoms with Gasteiger partial charge in [0.1, 0.15) is 11.6 Å². The molecule has 2 aromatic rings. The Kier molecular flexibility index (Phi) is 3.15. The first-order valence-electron chi connectivity index (χ1n) is 5.18. The van der Waals surface area contributed by atoms with Gasteiger partial charge in [0.15, 0.2) is 0 Å². The summed E-state index contributed by atoms with van der Waals surface area (Å²) in [6.45, 7) is 2.93. The van der Waals surface area contributed by atoms with E-state index in [0.717, 1.165) is 17.9 Å². The highest BCUT2D eigenvalue weighted by molar-refractivity contribution is 6.30. The van der Waals surface area contributed by atoms with Crippen LogP contribution in [0.4, 0.5) is 0 Å². The molecule has 0 aliphatic rings. The highest BCUT2D eigenvalue weighted by Crippen LogP contribution is 2.23. The third-order valence-electron chi connectivity index (χ3n) is 2.53. The molecule has 0 spiro atoms. The Labute approximate surface area is 99.3 Å². The number of nitrogens with zero attached hydrogens (tertiary/aromatic N) is 2. The highest BCUT2D eigenvalue weighted by Gasteiger charge is 2.07. The molecule has 0 saturated heterocycles. The number of hydrogen-bond donors (Lipinski definition) is 1. The maximum absolute atomic E-state index is 9.70. The van der Waals surface area contributed by atoms with Crippen molar-refractivity contribution in [2.75, 3.05) is 0 Å². The molecule has 0 unspecified atom stereocenters. The largest absolute Gasteiger partial charge is 0.508 e. The number of phenolic OH excluding ortho intramolecular Hbond substituents is 1. The van der Waals surface area contributed by atoms with Gasteiger partial charge in [-0.1, -0.05) is 11.6 Å². The topological polar surface area (TPSA) is 38.0 Å². The van der Waals surface area contributed by atoms with Crippen molar-refractivity contribution >= 4 is 11.6 Å². The average molecular weight is 237 g/mol. The van der Waals surface area contributed by atoms with Crippen LogP contribution in [0.3, 0.4) is 0 Å². The molecule has 4 heteroatoms. The molecule has 0 atom stereocenters. The zero-order valence-electron chi connectivity index (χ0n) is 9.02.